The second kappa shape index (κ2) is 8.34. The van der Waals surface area contributed by atoms with E-state index in [1.165, 1.54) is 30.3 Å². The van der Waals surface area contributed by atoms with Crippen molar-refractivity contribution >= 4 is 23.3 Å². The average molecular weight is 382 g/mol. The van der Waals surface area contributed by atoms with Crippen LogP contribution in [0.3, 0.4) is 0 Å². The van der Waals surface area contributed by atoms with E-state index in [1.807, 2.05) is 11.9 Å². The molecule has 3 N–H and O–H groups in total. The summed E-state index contributed by atoms with van der Waals surface area (Å²) >= 11 is 0. The summed E-state index contributed by atoms with van der Waals surface area (Å²) < 4.78 is 13.9. The summed E-state index contributed by atoms with van der Waals surface area (Å²) in [6.07, 6.45) is 4.22. The van der Waals surface area contributed by atoms with Crippen molar-refractivity contribution in [3.8, 4) is 0 Å². The fourth-order valence-corrected chi connectivity index (χ4v) is 2.77. The van der Waals surface area contributed by atoms with Gasteiger partial charge in [0, 0.05) is 19.8 Å². The molecule has 2 aromatic carbocycles. The second-order valence-electron chi connectivity index (χ2n) is 6.25. The van der Waals surface area contributed by atoms with Gasteiger partial charge in [-0.05, 0) is 42.3 Å². The lowest BCUT2D eigenvalue weighted by Gasteiger charge is -2.23. The van der Waals surface area contributed by atoms with E-state index in [1.54, 1.807) is 24.5 Å². The molecule has 28 heavy (non-hydrogen) atoms. The summed E-state index contributed by atoms with van der Waals surface area (Å²) in [6, 6.07) is 10.1. The van der Waals surface area contributed by atoms with E-state index in [4.69, 9.17) is 0 Å². The van der Waals surface area contributed by atoms with Gasteiger partial charge in [0.1, 0.15) is 5.82 Å². The van der Waals surface area contributed by atoms with Crippen LogP contribution in [-0.4, -0.2) is 40.8 Å². The monoisotopic (exact) mass is 382 g/mol. The molecule has 0 bridgehead atoms. The Morgan fingerprint density at radius 1 is 1.25 bits per heavy atom. The number of aromatic amines is 1. The highest BCUT2D eigenvalue weighted by molar-refractivity contribution is 6.06. The highest BCUT2D eigenvalue weighted by Crippen LogP contribution is 2.27. The summed E-state index contributed by atoms with van der Waals surface area (Å²) in [5.74, 6) is -2.41. The van der Waals surface area contributed by atoms with Crippen molar-refractivity contribution in [1.29, 1.82) is 0 Å². The number of aromatic carboxylic acids is 1. The van der Waals surface area contributed by atoms with Crippen molar-refractivity contribution in [3.05, 3.63) is 77.4 Å². The van der Waals surface area contributed by atoms with Crippen molar-refractivity contribution in [3.63, 3.8) is 0 Å². The first-order valence-corrected chi connectivity index (χ1v) is 8.57. The van der Waals surface area contributed by atoms with Gasteiger partial charge < -0.3 is 15.3 Å². The van der Waals surface area contributed by atoms with E-state index < -0.39 is 17.7 Å². The number of carboxylic acid groups (broad SMARTS) is 1. The third-order valence-corrected chi connectivity index (χ3v) is 4.31. The predicted octanol–water partition coefficient (Wildman–Crippen LogP) is 3.18. The van der Waals surface area contributed by atoms with Gasteiger partial charge in [0.05, 0.1) is 28.7 Å². The molecule has 0 aliphatic carbocycles. The molecular weight excluding hydrogens is 363 g/mol. The number of carbonyl (C=O) groups is 2. The van der Waals surface area contributed by atoms with Gasteiger partial charge >= 0.3 is 5.97 Å². The minimum atomic E-state index is -1.12. The van der Waals surface area contributed by atoms with Gasteiger partial charge in [-0.25, -0.2) is 9.18 Å². The Labute approximate surface area is 160 Å². The Bertz CT molecular complexity index is 989. The van der Waals surface area contributed by atoms with Crippen molar-refractivity contribution < 1.29 is 19.1 Å². The molecule has 1 amide bonds. The minimum absolute atomic E-state index is 0.0239. The van der Waals surface area contributed by atoms with Crippen LogP contribution in [0.25, 0.3) is 0 Å². The molecule has 8 heteroatoms. The topological polar surface area (TPSA) is 98.3 Å². The molecule has 3 aromatic rings. The van der Waals surface area contributed by atoms with Crippen LogP contribution >= 0.6 is 0 Å². The van der Waals surface area contributed by atoms with E-state index in [0.29, 0.717) is 24.3 Å². The maximum Gasteiger partial charge on any atom is 0.335 e. The molecule has 0 unspecified atom stereocenters. The molecule has 0 saturated heterocycles. The highest BCUT2D eigenvalue weighted by Gasteiger charge is 2.17. The SMILES string of the molecule is CN(CCc1cn[nH]c1)c1ccc(C(=O)O)cc1NC(=O)c1ccccc1F. The van der Waals surface area contributed by atoms with Crippen molar-refractivity contribution in [1.82, 2.24) is 10.2 Å². The zero-order chi connectivity index (χ0) is 20.1. The number of nitrogens with one attached hydrogen (secondary N) is 2. The normalized spacial score (nSPS) is 10.5. The quantitative estimate of drug-likeness (QED) is 0.583. The van der Waals surface area contributed by atoms with Crippen LogP contribution in [-0.2, 0) is 6.42 Å². The van der Waals surface area contributed by atoms with E-state index in [-0.39, 0.29) is 11.1 Å². The largest absolute Gasteiger partial charge is 0.478 e. The van der Waals surface area contributed by atoms with E-state index in [2.05, 4.69) is 15.5 Å². The summed E-state index contributed by atoms with van der Waals surface area (Å²) in [5.41, 5.74) is 1.85. The molecule has 7 nitrogen and oxygen atoms in total. The lowest BCUT2D eigenvalue weighted by molar-refractivity contribution is 0.0696. The average Bonchev–Trinajstić information content (AvgIpc) is 3.20. The molecule has 144 valence electrons. The molecular formula is C20H19FN4O3. The number of H-pyrrole nitrogens is 1. The molecule has 0 atom stereocenters. The van der Waals surface area contributed by atoms with E-state index in [0.717, 1.165) is 5.56 Å². The number of anilines is 2. The minimum Gasteiger partial charge on any atom is -0.478 e. The third kappa shape index (κ3) is 4.35. The van der Waals surface area contributed by atoms with Gasteiger partial charge in [-0.1, -0.05) is 12.1 Å². The Kier molecular flexibility index (Phi) is 5.69. The van der Waals surface area contributed by atoms with Crippen LogP contribution in [0.1, 0.15) is 26.3 Å². The molecule has 0 fully saturated rings. The first kappa shape index (κ1) is 19.1. The van der Waals surface area contributed by atoms with Crippen LogP contribution in [0.2, 0.25) is 0 Å². The van der Waals surface area contributed by atoms with Gasteiger partial charge in [0.25, 0.3) is 5.91 Å². The molecule has 0 spiro atoms. The van der Waals surface area contributed by atoms with Gasteiger partial charge in [-0.3, -0.25) is 9.89 Å². The third-order valence-electron chi connectivity index (χ3n) is 4.31. The Hall–Kier alpha value is -3.68. The Balaban J connectivity index is 1.86. The predicted molar refractivity (Wildman–Crippen MR) is 103 cm³/mol. The fraction of sp³-hybridized carbons (Fsp3) is 0.150. The smallest absolute Gasteiger partial charge is 0.335 e. The zero-order valence-electron chi connectivity index (χ0n) is 15.1. The fourth-order valence-electron chi connectivity index (χ4n) is 2.77. The number of halogens is 1. The standard InChI is InChI=1S/C20H19FN4O3/c1-25(9-8-13-11-22-23-12-13)18-7-6-14(20(27)28)10-17(18)24-19(26)15-4-2-3-5-16(15)21/h2-7,10-12H,8-9H2,1H3,(H,22,23)(H,24,26)(H,27,28). The number of aromatic nitrogens is 2. The van der Waals surface area contributed by atoms with Crippen LogP contribution in [0.4, 0.5) is 15.8 Å². The number of benzene rings is 2. The number of likely N-dealkylation sites (N-methyl/N-ethyl adjacent to an activating group) is 1. The number of rotatable bonds is 7. The Morgan fingerprint density at radius 2 is 2.04 bits per heavy atom. The number of amides is 1. The number of nitrogens with zero attached hydrogens (tertiary/aromatic N) is 2. The first-order valence-electron chi connectivity index (χ1n) is 8.57. The highest BCUT2D eigenvalue weighted by atomic mass is 19.1. The van der Waals surface area contributed by atoms with Gasteiger partial charge in [-0.15, -0.1) is 0 Å². The second-order valence-corrected chi connectivity index (χ2v) is 6.25. The molecule has 0 saturated carbocycles. The maximum atomic E-state index is 13.9. The summed E-state index contributed by atoms with van der Waals surface area (Å²) in [5, 5.41) is 18.5. The van der Waals surface area contributed by atoms with Gasteiger partial charge in [-0.2, -0.15) is 5.10 Å². The van der Waals surface area contributed by atoms with Crippen LogP contribution in [0.15, 0.2) is 54.9 Å². The lowest BCUT2D eigenvalue weighted by atomic mass is 10.1. The number of hydrogen-bond donors (Lipinski definition) is 3. The van der Waals surface area contributed by atoms with Crippen molar-refractivity contribution in [2.24, 2.45) is 0 Å². The molecule has 0 radical (unpaired) electrons. The Morgan fingerprint density at radius 3 is 2.71 bits per heavy atom. The van der Waals surface area contributed by atoms with E-state index >= 15 is 0 Å². The summed E-state index contributed by atoms with van der Waals surface area (Å²) in [6.45, 7) is 0.606. The maximum absolute atomic E-state index is 13.9. The number of carboxylic acids is 1. The summed E-state index contributed by atoms with van der Waals surface area (Å²) in [7, 11) is 1.83. The van der Waals surface area contributed by atoms with Crippen LogP contribution < -0.4 is 10.2 Å². The van der Waals surface area contributed by atoms with Crippen LogP contribution in [0, 0.1) is 5.82 Å². The van der Waals surface area contributed by atoms with Crippen molar-refractivity contribution in [2.75, 3.05) is 23.8 Å². The van der Waals surface area contributed by atoms with Crippen LogP contribution in [0.5, 0.6) is 0 Å². The van der Waals surface area contributed by atoms with Gasteiger partial charge in [0.15, 0.2) is 0 Å². The molecule has 0 aliphatic heterocycles. The van der Waals surface area contributed by atoms with Gasteiger partial charge in [0.2, 0.25) is 0 Å². The molecule has 0 aliphatic rings. The first-order chi connectivity index (χ1) is 13.5. The zero-order valence-corrected chi connectivity index (χ0v) is 15.1. The van der Waals surface area contributed by atoms with E-state index in [9.17, 15) is 19.1 Å². The molecule has 1 aromatic heterocycles. The summed E-state index contributed by atoms with van der Waals surface area (Å²) in [4.78, 5) is 25.7. The lowest BCUT2D eigenvalue weighted by Crippen LogP contribution is -2.23. The number of carbonyl (C=O) groups excluding carboxylic acids is 1. The van der Waals surface area contributed by atoms with Crippen molar-refractivity contribution in [2.45, 2.75) is 6.42 Å². The number of hydrogen-bond acceptors (Lipinski definition) is 4. The molecule has 3 rings (SSSR count). The molecule has 1 heterocycles.